The van der Waals surface area contributed by atoms with Gasteiger partial charge in [-0.3, -0.25) is 4.79 Å². The van der Waals surface area contributed by atoms with Gasteiger partial charge in [-0.15, -0.1) is 0 Å². The SMILES string of the molecule is O=C(CCCOc1ccccc1)N1CCC2(CC1)CCN(C(=S)NC1C[C@H]3C=C[C@@H]1C3)C2. The summed E-state index contributed by atoms with van der Waals surface area (Å²) in [5, 5.41) is 4.62. The summed E-state index contributed by atoms with van der Waals surface area (Å²) in [7, 11) is 0. The lowest BCUT2D eigenvalue weighted by Crippen LogP contribution is -2.47. The molecule has 2 bridgehead atoms. The average molecular weight is 454 g/mol. The number of allylic oxidation sites excluding steroid dienone is 1. The summed E-state index contributed by atoms with van der Waals surface area (Å²) in [6, 6.07) is 10.3. The molecule has 0 aromatic heterocycles. The van der Waals surface area contributed by atoms with Gasteiger partial charge in [0.25, 0.3) is 0 Å². The molecule has 172 valence electrons. The Morgan fingerprint density at radius 2 is 1.81 bits per heavy atom. The molecule has 5 nitrogen and oxygen atoms in total. The summed E-state index contributed by atoms with van der Waals surface area (Å²) in [5.41, 5.74) is 0.327. The van der Waals surface area contributed by atoms with Crippen LogP contribution < -0.4 is 10.1 Å². The summed E-state index contributed by atoms with van der Waals surface area (Å²) in [6.45, 7) is 4.44. The molecule has 0 radical (unpaired) electrons. The van der Waals surface area contributed by atoms with Crippen molar-refractivity contribution in [1.29, 1.82) is 0 Å². The molecule has 1 aromatic carbocycles. The van der Waals surface area contributed by atoms with Crippen LogP contribution in [0.25, 0.3) is 0 Å². The Labute approximate surface area is 197 Å². The van der Waals surface area contributed by atoms with E-state index < -0.39 is 0 Å². The Kier molecular flexibility index (Phi) is 6.40. The number of hydrogen-bond acceptors (Lipinski definition) is 3. The van der Waals surface area contributed by atoms with E-state index in [-0.39, 0.29) is 5.91 Å². The molecular formula is C26H35N3O2S. The highest BCUT2D eigenvalue weighted by atomic mass is 32.1. The number of hydrogen-bond donors (Lipinski definition) is 1. The zero-order valence-corrected chi connectivity index (χ0v) is 19.7. The predicted molar refractivity (Wildman–Crippen MR) is 130 cm³/mol. The number of amides is 1. The predicted octanol–water partition coefficient (Wildman–Crippen LogP) is 4.00. The Bertz CT molecular complexity index is 850. The fourth-order valence-electron chi connectivity index (χ4n) is 6.03. The number of likely N-dealkylation sites (tertiary alicyclic amines) is 2. The lowest BCUT2D eigenvalue weighted by Gasteiger charge is -2.39. The molecule has 1 aromatic rings. The van der Waals surface area contributed by atoms with Crippen molar-refractivity contribution < 1.29 is 9.53 Å². The highest BCUT2D eigenvalue weighted by Gasteiger charge is 2.43. The molecule has 1 N–H and O–H groups in total. The van der Waals surface area contributed by atoms with Crippen LogP contribution in [-0.4, -0.2) is 59.6 Å². The Morgan fingerprint density at radius 3 is 2.50 bits per heavy atom. The zero-order chi connectivity index (χ0) is 22.0. The third kappa shape index (κ3) is 4.80. The van der Waals surface area contributed by atoms with Gasteiger partial charge in [-0.05, 0) is 80.1 Å². The second-order valence-corrected chi connectivity index (χ2v) is 10.5. The topological polar surface area (TPSA) is 44.8 Å². The number of piperidine rings is 1. The van der Waals surface area contributed by atoms with E-state index in [0.29, 0.717) is 30.4 Å². The third-order valence-corrected chi connectivity index (χ3v) is 8.41. The van der Waals surface area contributed by atoms with E-state index in [2.05, 4.69) is 27.3 Å². The van der Waals surface area contributed by atoms with Crippen molar-refractivity contribution in [2.24, 2.45) is 17.3 Å². The van der Waals surface area contributed by atoms with Crippen molar-refractivity contribution in [1.82, 2.24) is 15.1 Å². The summed E-state index contributed by atoms with van der Waals surface area (Å²) >= 11 is 5.79. The number of para-hydroxylation sites is 1. The van der Waals surface area contributed by atoms with Gasteiger partial charge in [0.1, 0.15) is 5.75 Å². The Morgan fingerprint density at radius 1 is 1.06 bits per heavy atom. The van der Waals surface area contributed by atoms with Crippen LogP contribution >= 0.6 is 12.2 Å². The number of carbonyl (C=O) groups is 1. The monoisotopic (exact) mass is 453 g/mol. The normalized spacial score (nSPS) is 27.8. The van der Waals surface area contributed by atoms with Crippen LogP contribution in [0.3, 0.4) is 0 Å². The fourth-order valence-corrected chi connectivity index (χ4v) is 6.34. The van der Waals surface area contributed by atoms with Gasteiger partial charge >= 0.3 is 0 Å². The second kappa shape index (κ2) is 9.42. The van der Waals surface area contributed by atoms with E-state index in [9.17, 15) is 4.79 Å². The molecular weight excluding hydrogens is 418 g/mol. The lowest BCUT2D eigenvalue weighted by atomic mass is 9.77. The molecule has 4 aliphatic rings. The maximum absolute atomic E-state index is 12.7. The summed E-state index contributed by atoms with van der Waals surface area (Å²) in [6.07, 6.45) is 12.0. The van der Waals surface area contributed by atoms with Gasteiger partial charge in [0.05, 0.1) is 6.61 Å². The van der Waals surface area contributed by atoms with Gasteiger partial charge in [-0.2, -0.15) is 0 Å². The average Bonchev–Trinajstić information content (AvgIpc) is 3.54. The first kappa shape index (κ1) is 21.7. The molecule has 1 amide bonds. The van der Waals surface area contributed by atoms with Crippen LogP contribution in [0.1, 0.15) is 44.9 Å². The van der Waals surface area contributed by atoms with Gasteiger partial charge in [-0.25, -0.2) is 0 Å². The minimum Gasteiger partial charge on any atom is -0.494 e. The molecule has 5 rings (SSSR count). The van der Waals surface area contributed by atoms with Crippen LogP contribution in [0.15, 0.2) is 42.5 Å². The molecule has 3 fully saturated rings. The highest BCUT2D eigenvalue weighted by Crippen LogP contribution is 2.42. The van der Waals surface area contributed by atoms with Gasteiger partial charge in [0.2, 0.25) is 5.91 Å². The molecule has 1 spiro atoms. The molecule has 1 saturated carbocycles. The van der Waals surface area contributed by atoms with Gasteiger partial charge < -0.3 is 19.9 Å². The number of fused-ring (bicyclic) bond motifs is 2. The minimum atomic E-state index is 0.271. The van der Waals surface area contributed by atoms with Gasteiger partial charge in [-0.1, -0.05) is 30.4 Å². The number of nitrogens with one attached hydrogen (secondary N) is 1. The van der Waals surface area contributed by atoms with E-state index in [1.807, 2.05) is 30.3 Å². The Hall–Kier alpha value is -2.08. The molecule has 2 aliphatic carbocycles. The van der Waals surface area contributed by atoms with E-state index in [1.54, 1.807) is 0 Å². The lowest BCUT2D eigenvalue weighted by molar-refractivity contribution is -0.133. The number of ether oxygens (including phenoxy) is 1. The highest BCUT2D eigenvalue weighted by molar-refractivity contribution is 7.80. The first-order chi connectivity index (χ1) is 15.6. The van der Waals surface area contributed by atoms with Crippen molar-refractivity contribution >= 4 is 23.2 Å². The van der Waals surface area contributed by atoms with E-state index in [4.69, 9.17) is 17.0 Å². The molecule has 2 aliphatic heterocycles. The smallest absolute Gasteiger partial charge is 0.222 e. The van der Waals surface area contributed by atoms with Crippen molar-refractivity contribution in [3.8, 4) is 5.75 Å². The van der Waals surface area contributed by atoms with Crippen molar-refractivity contribution in [2.45, 2.75) is 51.0 Å². The zero-order valence-electron chi connectivity index (χ0n) is 18.9. The van der Waals surface area contributed by atoms with E-state index in [0.717, 1.165) is 62.2 Å². The maximum Gasteiger partial charge on any atom is 0.222 e. The van der Waals surface area contributed by atoms with Gasteiger partial charge in [0, 0.05) is 38.6 Å². The van der Waals surface area contributed by atoms with Crippen molar-refractivity contribution in [3.63, 3.8) is 0 Å². The number of thiocarbonyl (C=S) groups is 1. The number of rotatable bonds is 6. The molecule has 6 heteroatoms. The Balaban J connectivity index is 1.02. The van der Waals surface area contributed by atoms with Crippen LogP contribution in [0.4, 0.5) is 0 Å². The minimum absolute atomic E-state index is 0.271. The standard InChI is InChI=1S/C26H35N3O2S/c30-24(7-4-16-31-22-5-2-1-3-6-22)28-13-10-26(11-14-28)12-15-29(19-26)25(32)27-23-18-20-8-9-21(23)17-20/h1-3,5-6,8-9,20-21,23H,4,7,10-19H2,(H,27,32)/t20-,21+,23?/m0/s1. The molecule has 1 unspecified atom stereocenters. The van der Waals surface area contributed by atoms with Crippen molar-refractivity contribution in [3.05, 3.63) is 42.5 Å². The molecule has 3 atom stereocenters. The fraction of sp³-hybridized carbons (Fsp3) is 0.615. The maximum atomic E-state index is 12.7. The second-order valence-electron chi connectivity index (χ2n) is 10.2. The summed E-state index contributed by atoms with van der Waals surface area (Å²) in [5.74, 6) is 2.57. The largest absolute Gasteiger partial charge is 0.494 e. The first-order valence-electron chi connectivity index (χ1n) is 12.3. The molecule has 32 heavy (non-hydrogen) atoms. The van der Waals surface area contributed by atoms with Crippen LogP contribution in [-0.2, 0) is 4.79 Å². The third-order valence-electron chi connectivity index (χ3n) is 8.04. The van der Waals surface area contributed by atoms with Gasteiger partial charge in [0.15, 0.2) is 5.11 Å². The number of carbonyl (C=O) groups excluding carboxylic acids is 1. The molecule has 2 heterocycles. The van der Waals surface area contributed by atoms with E-state index in [1.165, 1.54) is 19.3 Å². The van der Waals surface area contributed by atoms with E-state index >= 15 is 0 Å². The quantitative estimate of drug-likeness (QED) is 0.401. The van der Waals surface area contributed by atoms with Crippen LogP contribution in [0.2, 0.25) is 0 Å². The van der Waals surface area contributed by atoms with Crippen molar-refractivity contribution in [2.75, 3.05) is 32.8 Å². The van der Waals surface area contributed by atoms with Crippen LogP contribution in [0, 0.1) is 17.3 Å². The summed E-state index contributed by atoms with van der Waals surface area (Å²) < 4.78 is 5.72. The number of nitrogens with zero attached hydrogens (tertiary/aromatic N) is 2. The van der Waals surface area contributed by atoms with Crippen LogP contribution in [0.5, 0.6) is 5.75 Å². The first-order valence-corrected chi connectivity index (χ1v) is 12.7. The molecule has 2 saturated heterocycles. The number of benzene rings is 1. The summed E-state index contributed by atoms with van der Waals surface area (Å²) in [4.78, 5) is 17.1.